The SMILES string of the molecule is Oc1ccn2c1CCCCC2. The van der Waals surface area contributed by atoms with Gasteiger partial charge in [0.15, 0.2) is 0 Å². The molecule has 1 N–H and O–H groups in total. The van der Waals surface area contributed by atoms with E-state index < -0.39 is 0 Å². The van der Waals surface area contributed by atoms with Crippen molar-refractivity contribution in [2.75, 3.05) is 0 Å². The number of aromatic nitrogens is 1. The topological polar surface area (TPSA) is 25.2 Å². The first-order valence-corrected chi connectivity index (χ1v) is 4.25. The van der Waals surface area contributed by atoms with Crippen LogP contribution in [0.2, 0.25) is 0 Å². The van der Waals surface area contributed by atoms with E-state index in [1.165, 1.54) is 19.3 Å². The highest BCUT2D eigenvalue weighted by Gasteiger charge is 2.10. The van der Waals surface area contributed by atoms with Crippen LogP contribution < -0.4 is 0 Å². The fraction of sp³-hybridized carbons (Fsp3) is 0.556. The molecule has 1 aliphatic heterocycles. The molecule has 60 valence electrons. The third-order valence-corrected chi connectivity index (χ3v) is 2.37. The summed E-state index contributed by atoms with van der Waals surface area (Å²) in [6.45, 7) is 1.08. The Bertz CT molecular complexity index is 252. The van der Waals surface area contributed by atoms with Crippen molar-refractivity contribution in [3.8, 4) is 5.75 Å². The molecule has 1 aliphatic rings. The number of aryl methyl sites for hydroxylation is 1. The van der Waals surface area contributed by atoms with Gasteiger partial charge in [0.1, 0.15) is 5.75 Å². The first-order valence-electron chi connectivity index (χ1n) is 4.25. The van der Waals surface area contributed by atoms with E-state index in [9.17, 15) is 5.11 Å². The summed E-state index contributed by atoms with van der Waals surface area (Å²) in [5.41, 5.74) is 1.13. The summed E-state index contributed by atoms with van der Waals surface area (Å²) < 4.78 is 2.17. The molecule has 2 heterocycles. The van der Waals surface area contributed by atoms with Crippen molar-refractivity contribution in [1.82, 2.24) is 4.57 Å². The maximum atomic E-state index is 9.40. The summed E-state index contributed by atoms with van der Waals surface area (Å²) >= 11 is 0. The molecule has 11 heavy (non-hydrogen) atoms. The zero-order valence-electron chi connectivity index (χ0n) is 6.58. The minimum atomic E-state index is 0.479. The van der Waals surface area contributed by atoms with Gasteiger partial charge in [-0.15, -0.1) is 0 Å². The van der Waals surface area contributed by atoms with Crippen LogP contribution >= 0.6 is 0 Å². The first kappa shape index (κ1) is 6.77. The lowest BCUT2D eigenvalue weighted by atomic mass is 10.2. The maximum Gasteiger partial charge on any atom is 0.136 e. The van der Waals surface area contributed by atoms with E-state index in [4.69, 9.17) is 0 Å². The van der Waals surface area contributed by atoms with Crippen LogP contribution in [0.1, 0.15) is 25.0 Å². The molecule has 2 rings (SSSR count). The summed E-state index contributed by atoms with van der Waals surface area (Å²) in [5, 5.41) is 9.40. The lowest BCUT2D eigenvalue weighted by Crippen LogP contribution is -1.97. The molecule has 1 aromatic heterocycles. The third kappa shape index (κ3) is 1.13. The summed E-state index contributed by atoms with van der Waals surface area (Å²) in [6, 6.07) is 1.79. The maximum absolute atomic E-state index is 9.40. The molecule has 0 aliphatic carbocycles. The van der Waals surface area contributed by atoms with Crippen LogP contribution in [0.3, 0.4) is 0 Å². The van der Waals surface area contributed by atoms with Gasteiger partial charge < -0.3 is 9.67 Å². The van der Waals surface area contributed by atoms with Gasteiger partial charge in [0.05, 0.1) is 5.69 Å². The van der Waals surface area contributed by atoms with E-state index in [-0.39, 0.29) is 0 Å². The van der Waals surface area contributed by atoms with E-state index in [2.05, 4.69) is 4.57 Å². The van der Waals surface area contributed by atoms with Gasteiger partial charge in [0.2, 0.25) is 0 Å². The average Bonchev–Trinajstić information content (AvgIpc) is 2.25. The molecule has 0 unspecified atom stereocenters. The van der Waals surface area contributed by atoms with Crippen LogP contribution in [0, 0.1) is 0 Å². The lowest BCUT2D eigenvalue weighted by molar-refractivity contribution is 0.464. The van der Waals surface area contributed by atoms with Crippen molar-refractivity contribution in [2.45, 2.75) is 32.2 Å². The monoisotopic (exact) mass is 151 g/mol. The molecule has 2 heteroatoms. The number of fused-ring (bicyclic) bond motifs is 1. The van der Waals surface area contributed by atoms with Crippen molar-refractivity contribution in [3.05, 3.63) is 18.0 Å². The predicted octanol–water partition coefficient (Wildman–Crippen LogP) is 1.92. The zero-order valence-corrected chi connectivity index (χ0v) is 6.58. The Morgan fingerprint density at radius 2 is 2.18 bits per heavy atom. The molecular formula is C9H13NO. The third-order valence-electron chi connectivity index (χ3n) is 2.37. The standard InChI is InChI=1S/C9H13NO/c11-9-5-7-10-6-3-1-2-4-8(9)10/h5,7,11H,1-4,6H2. The van der Waals surface area contributed by atoms with E-state index in [1.807, 2.05) is 6.20 Å². The normalized spacial score (nSPS) is 17.5. The summed E-state index contributed by atoms with van der Waals surface area (Å²) in [5.74, 6) is 0.479. The van der Waals surface area contributed by atoms with E-state index in [1.54, 1.807) is 6.07 Å². The van der Waals surface area contributed by atoms with Gasteiger partial charge in [-0.1, -0.05) is 6.42 Å². The average molecular weight is 151 g/mol. The van der Waals surface area contributed by atoms with Gasteiger partial charge in [0, 0.05) is 12.7 Å². The van der Waals surface area contributed by atoms with Gasteiger partial charge in [0.25, 0.3) is 0 Å². The molecule has 0 radical (unpaired) electrons. The quantitative estimate of drug-likeness (QED) is 0.602. The first-order chi connectivity index (χ1) is 5.38. The molecule has 1 aromatic rings. The van der Waals surface area contributed by atoms with Gasteiger partial charge in [-0.2, -0.15) is 0 Å². The van der Waals surface area contributed by atoms with Crippen LogP contribution in [0.25, 0.3) is 0 Å². The molecule has 0 amide bonds. The van der Waals surface area contributed by atoms with E-state index in [0.717, 1.165) is 18.7 Å². The number of hydrogen-bond donors (Lipinski definition) is 1. The molecule has 0 atom stereocenters. The number of nitrogens with zero attached hydrogens (tertiary/aromatic N) is 1. The molecule has 0 saturated carbocycles. The van der Waals surface area contributed by atoms with Crippen molar-refractivity contribution < 1.29 is 5.11 Å². The second kappa shape index (κ2) is 2.61. The minimum absolute atomic E-state index is 0.479. The molecule has 0 saturated heterocycles. The van der Waals surface area contributed by atoms with Gasteiger partial charge >= 0.3 is 0 Å². The Balaban J connectivity index is 2.35. The van der Waals surface area contributed by atoms with Gasteiger partial charge in [-0.05, 0) is 25.3 Å². The molecule has 2 nitrogen and oxygen atoms in total. The second-order valence-electron chi connectivity index (χ2n) is 3.15. The van der Waals surface area contributed by atoms with Gasteiger partial charge in [-0.3, -0.25) is 0 Å². The van der Waals surface area contributed by atoms with Crippen LogP contribution in [-0.2, 0) is 13.0 Å². The fourth-order valence-electron chi connectivity index (χ4n) is 1.73. The summed E-state index contributed by atoms with van der Waals surface area (Å²) in [4.78, 5) is 0. The highest BCUT2D eigenvalue weighted by atomic mass is 16.3. The molecule has 0 bridgehead atoms. The summed E-state index contributed by atoms with van der Waals surface area (Å²) in [7, 11) is 0. The number of hydrogen-bond acceptors (Lipinski definition) is 1. The molecule has 0 aromatic carbocycles. The van der Waals surface area contributed by atoms with Crippen molar-refractivity contribution in [3.63, 3.8) is 0 Å². The van der Waals surface area contributed by atoms with Crippen molar-refractivity contribution in [1.29, 1.82) is 0 Å². The Morgan fingerprint density at radius 3 is 3.09 bits per heavy atom. The second-order valence-corrected chi connectivity index (χ2v) is 3.15. The Morgan fingerprint density at radius 1 is 1.27 bits per heavy atom. The van der Waals surface area contributed by atoms with Gasteiger partial charge in [-0.25, -0.2) is 0 Å². The van der Waals surface area contributed by atoms with E-state index in [0.29, 0.717) is 5.75 Å². The van der Waals surface area contributed by atoms with E-state index >= 15 is 0 Å². The molecule has 0 spiro atoms. The van der Waals surface area contributed by atoms with Crippen LogP contribution in [0.5, 0.6) is 5.75 Å². The van der Waals surface area contributed by atoms with Crippen molar-refractivity contribution in [2.24, 2.45) is 0 Å². The Labute approximate surface area is 66.5 Å². The number of rotatable bonds is 0. The predicted molar refractivity (Wildman–Crippen MR) is 43.7 cm³/mol. The minimum Gasteiger partial charge on any atom is -0.506 e. The van der Waals surface area contributed by atoms with Crippen LogP contribution in [0.15, 0.2) is 12.3 Å². The summed E-state index contributed by atoms with van der Waals surface area (Å²) in [6.07, 6.45) is 6.79. The smallest absolute Gasteiger partial charge is 0.136 e. The lowest BCUT2D eigenvalue weighted by Gasteiger charge is -2.02. The highest BCUT2D eigenvalue weighted by molar-refractivity contribution is 5.28. The molecular weight excluding hydrogens is 138 g/mol. The fourth-order valence-corrected chi connectivity index (χ4v) is 1.73. The van der Waals surface area contributed by atoms with Crippen LogP contribution in [0.4, 0.5) is 0 Å². The zero-order chi connectivity index (χ0) is 7.68. The highest BCUT2D eigenvalue weighted by Crippen LogP contribution is 2.23. The Kier molecular flexibility index (Phi) is 1.60. The van der Waals surface area contributed by atoms with Crippen LogP contribution in [-0.4, -0.2) is 9.67 Å². The molecule has 0 fully saturated rings. The Hall–Kier alpha value is -0.920. The number of aromatic hydroxyl groups is 1. The largest absolute Gasteiger partial charge is 0.506 e. The van der Waals surface area contributed by atoms with Crippen molar-refractivity contribution >= 4 is 0 Å².